The molecule has 1 aromatic carbocycles. The summed E-state index contributed by atoms with van der Waals surface area (Å²) in [5, 5.41) is 9.89. The molecule has 0 aliphatic rings. The summed E-state index contributed by atoms with van der Waals surface area (Å²) in [6.45, 7) is 2.60. The monoisotopic (exact) mass is 205 g/mol. The summed E-state index contributed by atoms with van der Waals surface area (Å²) in [5.74, 6) is 1.97. The zero-order valence-electron chi connectivity index (χ0n) is 8.30. The van der Waals surface area contributed by atoms with Gasteiger partial charge in [0.05, 0.1) is 6.61 Å². The minimum absolute atomic E-state index is 0.444. The second-order valence-electron chi connectivity index (χ2n) is 2.81. The lowest BCUT2D eigenvalue weighted by Gasteiger charge is -2.04. The Kier molecular flexibility index (Phi) is 2.82. The van der Waals surface area contributed by atoms with Crippen LogP contribution in [0, 0.1) is 0 Å². The molecule has 0 fully saturated rings. The van der Waals surface area contributed by atoms with Crippen molar-refractivity contribution < 1.29 is 9.47 Å². The van der Waals surface area contributed by atoms with E-state index in [4.69, 9.17) is 9.47 Å². The molecule has 0 bridgehead atoms. The highest BCUT2D eigenvalue weighted by Crippen LogP contribution is 2.21. The predicted molar refractivity (Wildman–Crippen MR) is 54.1 cm³/mol. The van der Waals surface area contributed by atoms with Crippen LogP contribution in [-0.4, -0.2) is 22.0 Å². The van der Waals surface area contributed by atoms with Crippen LogP contribution in [0.3, 0.4) is 0 Å². The summed E-state index contributed by atoms with van der Waals surface area (Å²) in [5.41, 5.74) is 0. The standard InChI is InChI=1S/C10H11N3O2/c1-2-14-8-3-5-9(6-4-8)15-10-7-11-13-12-10/h3-7H,2H2,1H3,(H,11,12,13). The summed E-state index contributed by atoms with van der Waals surface area (Å²) in [4.78, 5) is 0. The Morgan fingerprint density at radius 1 is 1.20 bits per heavy atom. The normalized spacial score (nSPS) is 9.93. The fourth-order valence-electron chi connectivity index (χ4n) is 1.13. The Morgan fingerprint density at radius 2 is 1.93 bits per heavy atom. The summed E-state index contributed by atoms with van der Waals surface area (Å²) in [6.07, 6.45) is 1.51. The first-order chi connectivity index (χ1) is 7.38. The maximum Gasteiger partial charge on any atom is 0.258 e. The summed E-state index contributed by atoms with van der Waals surface area (Å²) in [7, 11) is 0. The van der Waals surface area contributed by atoms with E-state index in [2.05, 4.69) is 15.4 Å². The Bertz CT molecular complexity index is 397. The number of rotatable bonds is 4. The SMILES string of the molecule is CCOc1ccc(Oc2cn[nH]n2)cc1. The largest absolute Gasteiger partial charge is 0.494 e. The van der Waals surface area contributed by atoms with Gasteiger partial charge in [-0.2, -0.15) is 10.3 Å². The number of aromatic nitrogens is 3. The first-order valence-electron chi connectivity index (χ1n) is 4.65. The predicted octanol–water partition coefficient (Wildman–Crippen LogP) is 2.00. The average molecular weight is 205 g/mol. The van der Waals surface area contributed by atoms with Gasteiger partial charge in [-0.05, 0) is 31.2 Å². The first kappa shape index (κ1) is 9.51. The quantitative estimate of drug-likeness (QED) is 0.829. The van der Waals surface area contributed by atoms with Crippen molar-refractivity contribution in [3.8, 4) is 17.4 Å². The molecule has 1 N–H and O–H groups in total. The molecule has 0 aliphatic carbocycles. The van der Waals surface area contributed by atoms with E-state index in [-0.39, 0.29) is 0 Å². The number of ether oxygens (including phenoxy) is 2. The van der Waals surface area contributed by atoms with Crippen LogP contribution in [0.5, 0.6) is 17.4 Å². The molecule has 0 atom stereocenters. The van der Waals surface area contributed by atoms with E-state index in [1.54, 1.807) is 0 Å². The van der Waals surface area contributed by atoms with Crippen LogP contribution in [0.15, 0.2) is 30.5 Å². The van der Waals surface area contributed by atoms with E-state index in [0.717, 1.165) is 5.75 Å². The second-order valence-corrected chi connectivity index (χ2v) is 2.81. The van der Waals surface area contributed by atoms with Crippen molar-refractivity contribution in [3.05, 3.63) is 30.5 Å². The minimum atomic E-state index is 0.444. The Labute approximate surface area is 87.0 Å². The van der Waals surface area contributed by atoms with Crippen LogP contribution in [0.1, 0.15) is 6.92 Å². The molecule has 5 nitrogen and oxygen atoms in total. The molecular weight excluding hydrogens is 194 g/mol. The van der Waals surface area contributed by atoms with Crippen molar-refractivity contribution in [3.63, 3.8) is 0 Å². The highest BCUT2D eigenvalue weighted by atomic mass is 16.5. The summed E-state index contributed by atoms with van der Waals surface area (Å²) in [6, 6.07) is 7.33. The molecule has 15 heavy (non-hydrogen) atoms. The van der Waals surface area contributed by atoms with Crippen LogP contribution in [0.25, 0.3) is 0 Å². The highest BCUT2D eigenvalue weighted by molar-refractivity contribution is 5.32. The van der Waals surface area contributed by atoms with Crippen molar-refractivity contribution >= 4 is 0 Å². The fourth-order valence-corrected chi connectivity index (χ4v) is 1.13. The van der Waals surface area contributed by atoms with Gasteiger partial charge in [0, 0.05) is 0 Å². The molecule has 78 valence electrons. The third-order valence-electron chi connectivity index (χ3n) is 1.75. The van der Waals surface area contributed by atoms with Gasteiger partial charge in [0.2, 0.25) is 0 Å². The molecule has 0 radical (unpaired) electrons. The van der Waals surface area contributed by atoms with Crippen molar-refractivity contribution in [1.82, 2.24) is 15.4 Å². The lowest BCUT2D eigenvalue weighted by atomic mass is 10.3. The topological polar surface area (TPSA) is 60.0 Å². The van der Waals surface area contributed by atoms with E-state index >= 15 is 0 Å². The number of aromatic amines is 1. The van der Waals surface area contributed by atoms with Gasteiger partial charge in [0.25, 0.3) is 5.88 Å². The first-order valence-corrected chi connectivity index (χ1v) is 4.65. The molecule has 5 heteroatoms. The highest BCUT2D eigenvalue weighted by Gasteiger charge is 1.99. The van der Waals surface area contributed by atoms with Crippen LogP contribution < -0.4 is 9.47 Å². The fraction of sp³-hybridized carbons (Fsp3) is 0.200. The molecule has 2 rings (SSSR count). The van der Waals surface area contributed by atoms with E-state index in [1.807, 2.05) is 31.2 Å². The van der Waals surface area contributed by atoms with Crippen LogP contribution in [0.4, 0.5) is 0 Å². The second kappa shape index (κ2) is 4.45. The number of H-pyrrole nitrogens is 1. The van der Waals surface area contributed by atoms with E-state index < -0.39 is 0 Å². The molecular formula is C10H11N3O2. The van der Waals surface area contributed by atoms with Crippen molar-refractivity contribution in [2.24, 2.45) is 0 Å². The van der Waals surface area contributed by atoms with Gasteiger partial charge in [-0.15, -0.1) is 5.10 Å². The van der Waals surface area contributed by atoms with Gasteiger partial charge in [-0.3, -0.25) is 0 Å². The number of nitrogens with one attached hydrogen (secondary N) is 1. The van der Waals surface area contributed by atoms with Crippen molar-refractivity contribution in [2.75, 3.05) is 6.61 Å². The Balaban J connectivity index is 2.04. The van der Waals surface area contributed by atoms with E-state index in [1.165, 1.54) is 6.20 Å². The van der Waals surface area contributed by atoms with E-state index in [0.29, 0.717) is 18.2 Å². The van der Waals surface area contributed by atoms with Crippen LogP contribution in [-0.2, 0) is 0 Å². The molecule has 2 aromatic rings. The molecule has 0 amide bonds. The van der Waals surface area contributed by atoms with Gasteiger partial charge in [-0.1, -0.05) is 0 Å². The molecule has 0 unspecified atom stereocenters. The summed E-state index contributed by atoms with van der Waals surface area (Å²) < 4.78 is 10.7. The molecule has 0 spiro atoms. The number of hydrogen-bond donors (Lipinski definition) is 1. The molecule has 1 aromatic heterocycles. The Hall–Kier alpha value is -2.04. The van der Waals surface area contributed by atoms with Crippen molar-refractivity contribution in [1.29, 1.82) is 0 Å². The minimum Gasteiger partial charge on any atom is -0.494 e. The Morgan fingerprint density at radius 3 is 2.53 bits per heavy atom. The summed E-state index contributed by atoms with van der Waals surface area (Å²) >= 11 is 0. The van der Waals surface area contributed by atoms with Crippen LogP contribution in [0.2, 0.25) is 0 Å². The average Bonchev–Trinajstić information content (AvgIpc) is 2.74. The van der Waals surface area contributed by atoms with Gasteiger partial charge in [-0.25, -0.2) is 0 Å². The lowest BCUT2D eigenvalue weighted by Crippen LogP contribution is -1.91. The van der Waals surface area contributed by atoms with Gasteiger partial charge in [0.15, 0.2) is 0 Å². The maximum atomic E-state index is 5.39. The van der Waals surface area contributed by atoms with Crippen LogP contribution >= 0.6 is 0 Å². The number of benzene rings is 1. The molecule has 1 heterocycles. The lowest BCUT2D eigenvalue weighted by molar-refractivity contribution is 0.339. The van der Waals surface area contributed by atoms with Crippen molar-refractivity contribution in [2.45, 2.75) is 6.92 Å². The number of nitrogens with zero attached hydrogens (tertiary/aromatic N) is 2. The molecule has 0 saturated heterocycles. The van der Waals surface area contributed by atoms with Gasteiger partial charge in [0.1, 0.15) is 17.7 Å². The van der Waals surface area contributed by atoms with E-state index in [9.17, 15) is 0 Å². The molecule has 0 aliphatic heterocycles. The maximum absolute atomic E-state index is 5.39. The van der Waals surface area contributed by atoms with Gasteiger partial charge >= 0.3 is 0 Å². The smallest absolute Gasteiger partial charge is 0.258 e. The third kappa shape index (κ3) is 2.46. The molecule has 0 saturated carbocycles. The zero-order valence-corrected chi connectivity index (χ0v) is 8.30. The number of hydrogen-bond acceptors (Lipinski definition) is 4. The third-order valence-corrected chi connectivity index (χ3v) is 1.75. The van der Waals surface area contributed by atoms with Gasteiger partial charge < -0.3 is 9.47 Å². The zero-order chi connectivity index (χ0) is 10.5.